The van der Waals surface area contributed by atoms with E-state index in [1.165, 1.54) is 0 Å². The fraction of sp³-hybridized carbons (Fsp3) is 0.800. The van der Waals surface area contributed by atoms with E-state index in [2.05, 4.69) is 15.9 Å². The lowest BCUT2D eigenvalue weighted by molar-refractivity contribution is -0.118. The Morgan fingerprint density at radius 1 is 1.50 bits per heavy atom. The van der Waals surface area contributed by atoms with E-state index < -0.39 is 0 Å². The summed E-state index contributed by atoms with van der Waals surface area (Å²) < 4.78 is 0. The van der Waals surface area contributed by atoms with Crippen LogP contribution in [0.25, 0.3) is 0 Å². The number of hydrogen-bond acceptors (Lipinski definition) is 1. The maximum Gasteiger partial charge on any atom is 0.134 e. The monoisotopic (exact) mass is 198 g/mol. The number of carbonyl (C=O) groups excluding carboxylic acids is 1. The van der Waals surface area contributed by atoms with Gasteiger partial charge < -0.3 is 0 Å². The minimum absolute atomic E-state index is 0.233. The molecule has 0 spiro atoms. The second-order valence-corrected chi connectivity index (χ2v) is 2.59. The summed E-state index contributed by atoms with van der Waals surface area (Å²) in [6.45, 7) is 0. The van der Waals surface area contributed by atoms with Crippen molar-refractivity contribution in [2.45, 2.75) is 12.8 Å². The van der Waals surface area contributed by atoms with Crippen molar-refractivity contribution in [2.24, 2.45) is 0 Å². The molecule has 3 heteroatoms. The van der Waals surface area contributed by atoms with Gasteiger partial charge in [-0.2, -0.15) is 0 Å². The van der Waals surface area contributed by atoms with Gasteiger partial charge in [-0.1, -0.05) is 15.9 Å². The van der Waals surface area contributed by atoms with Crippen LogP contribution in [0.4, 0.5) is 0 Å². The summed E-state index contributed by atoms with van der Waals surface area (Å²) in [5, 5.41) is 0.753. The van der Waals surface area contributed by atoms with Gasteiger partial charge in [-0.15, -0.1) is 11.6 Å². The molecule has 0 aromatic rings. The van der Waals surface area contributed by atoms with Crippen molar-refractivity contribution in [1.29, 1.82) is 0 Å². The van der Waals surface area contributed by atoms with Crippen LogP contribution in [0.5, 0.6) is 0 Å². The van der Waals surface area contributed by atoms with Gasteiger partial charge in [0.15, 0.2) is 0 Å². The first-order valence-corrected chi connectivity index (χ1v) is 4.10. The molecule has 0 fully saturated rings. The predicted molar refractivity (Wildman–Crippen MR) is 38.8 cm³/mol. The first-order valence-electron chi connectivity index (χ1n) is 2.45. The predicted octanol–water partition coefficient (Wildman–Crippen LogP) is 1.97. The van der Waals surface area contributed by atoms with Gasteiger partial charge in [0.05, 0.1) is 0 Å². The van der Waals surface area contributed by atoms with Crippen molar-refractivity contribution in [3.63, 3.8) is 0 Å². The molecule has 0 heterocycles. The number of hydrogen-bond donors (Lipinski definition) is 0. The highest BCUT2D eigenvalue weighted by Gasteiger charge is 1.96. The standard InChI is InChI=1S/C5H8BrClO/c6-3-1-5(8)2-4-7/h1-4H2. The Labute approximate surface area is 62.5 Å². The molecule has 0 saturated heterocycles. The topological polar surface area (TPSA) is 17.1 Å². The van der Waals surface area contributed by atoms with E-state index >= 15 is 0 Å². The summed E-state index contributed by atoms with van der Waals surface area (Å²) in [4.78, 5) is 10.5. The number of carbonyl (C=O) groups is 1. The molecule has 48 valence electrons. The molecule has 0 aliphatic rings. The van der Waals surface area contributed by atoms with E-state index in [0.717, 1.165) is 5.33 Å². The van der Waals surface area contributed by atoms with Gasteiger partial charge in [-0.3, -0.25) is 4.79 Å². The average Bonchev–Trinajstić information content (AvgIpc) is 1.68. The van der Waals surface area contributed by atoms with Crippen molar-refractivity contribution in [3.8, 4) is 0 Å². The highest BCUT2D eigenvalue weighted by molar-refractivity contribution is 9.09. The van der Waals surface area contributed by atoms with Crippen molar-refractivity contribution in [1.82, 2.24) is 0 Å². The minimum atomic E-state index is 0.233. The molecule has 0 N–H and O–H groups in total. The highest BCUT2D eigenvalue weighted by Crippen LogP contribution is 1.94. The Balaban J connectivity index is 3.06. The maximum atomic E-state index is 10.5. The van der Waals surface area contributed by atoms with Gasteiger partial charge in [0, 0.05) is 24.1 Å². The number of ketones is 1. The lowest BCUT2D eigenvalue weighted by Crippen LogP contribution is -1.97. The maximum absolute atomic E-state index is 10.5. The summed E-state index contributed by atoms with van der Waals surface area (Å²) in [6.07, 6.45) is 1.11. The fourth-order valence-electron chi connectivity index (χ4n) is 0.336. The molecule has 1 nitrogen and oxygen atoms in total. The number of rotatable bonds is 4. The van der Waals surface area contributed by atoms with Crippen LogP contribution < -0.4 is 0 Å². The summed E-state index contributed by atoms with van der Waals surface area (Å²) in [5.74, 6) is 0.683. The number of Topliss-reactive ketones (excluding diaryl/α,β-unsaturated/α-hetero) is 1. The molecule has 0 amide bonds. The highest BCUT2D eigenvalue weighted by atomic mass is 79.9. The molecule has 0 aromatic heterocycles. The van der Waals surface area contributed by atoms with E-state index in [1.807, 2.05) is 0 Å². The minimum Gasteiger partial charge on any atom is -0.300 e. The first-order chi connectivity index (χ1) is 3.81. The summed E-state index contributed by atoms with van der Waals surface area (Å²) in [5.41, 5.74) is 0. The lowest BCUT2D eigenvalue weighted by Gasteiger charge is -1.89. The van der Waals surface area contributed by atoms with Crippen LogP contribution in [0.15, 0.2) is 0 Å². The molecule has 0 saturated carbocycles. The van der Waals surface area contributed by atoms with Crippen LogP contribution in [0.1, 0.15) is 12.8 Å². The smallest absolute Gasteiger partial charge is 0.134 e. The quantitative estimate of drug-likeness (QED) is 0.633. The molecule has 8 heavy (non-hydrogen) atoms. The van der Waals surface area contributed by atoms with Gasteiger partial charge in [0.2, 0.25) is 0 Å². The van der Waals surface area contributed by atoms with E-state index in [1.54, 1.807) is 0 Å². The van der Waals surface area contributed by atoms with Crippen LogP contribution in [-0.2, 0) is 4.79 Å². The van der Waals surface area contributed by atoms with Crippen LogP contribution in [0, 0.1) is 0 Å². The molecule has 0 aliphatic carbocycles. The zero-order valence-corrected chi connectivity index (χ0v) is 6.83. The molecule has 0 radical (unpaired) electrons. The van der Waals surface area contributed by atoms with Crippen molar-refractivity contribution >= 4 is 33.3 Å². The van der Waals surface area contributed by atoms with Gasteiger partial charge in [-0.25, -0.2) is 0 Å². The fourth-order valence-corrected chi connectivity index (χ4v) is 0.989. The van der Waals surface area contributed by atoms with E-state index in [9.17, 15) is 4.79 Å². The molecular weight excluding hydrogens is 191 g/mol. The van der Waals surface area contributed by atoms with Crippen LogP contribution in [0.2, 0.25) is 0 Å². The molecule has 0 aliphatic heterocycles. The van der Waals surface area contributed by atoms with Crippen molar-refractivity contribution < 1.29 is 4.79 Å². The Hall–Kier alpha value is 0.440. The third-order valence-corrected chi connectivity index (χ3v) is 1.33. The second kappa shape index (κ2) is 5.57. The van der Waals surface area contributed by atoms with E-state index in [-0.39, 0.29) is 5.78 Å². The summed E-state index contributed by atoms with van der Waals surface area (Å²) in [6, 6.07) is 0. The van der Waals surface area contributed by atoms with Gasteiger partial charge in [-0.05, 0) is 0 Å². The zero-order chi connectivity index (χ0) is 6.41. The third-order valence-electron chi connectivity index (χ3n) is 0.747. The molecule has 0 unspecified atom stereocenters. The molecule has 0 atom stereocenters. The van der Waals surface area contributed by atoms with Gasteiger partial charge in [0.1, 0.15) is 5.78 Å². The molecule has 0 bridgehead atoms. The Kier molecular flexibility index (Phi) is 5.88. The van der Waals surface area contributed by atoms with Gasteiger partial charge >= 0.3 is 0 Å². The van der Waals surface area contributed by atoms with Crippen LogP contribution in [-0.4, -0.2) is 17.0 Å². The van der Waals surface area contributed by atoms with Crippen LogP contribution in [0.3, 0.4) is 0 Å². The Morgan fingerprint density at radius 3 is 2.50 bits per heavy atom. The second-order valence-electron chi connectivity index (χ2n) is 1.42. The normalized spacial score (nSPS) is 9.25. The molecular formula is C5H8BrClO. The molecule has 0 rings (SSSR count). The summed E-state index contributed by atoms with van der Waals surface area (Å²) in [7, 11) is 0. The number of alkyl halides is 2. The Bertz CT molecular complexity index is 66.8. The van der Waals surface area contributed by atoms with Gasteiger partial charge in [0.25, 0.3) is 0 Å². The zero-order valence-electron chi connectivity index (χ0n) is 4.49. The van der Waals surface area contributed by atoms with E-state index in [4.69, 9.17) is 11.6 Å². The average molecular weight is 199 g/mol. The molecule has 0 aromatic carbocycles. The van der Waals surface area contributed by atoms with Crippen molar-refractivity contribution in [3.05, 3.63) is 0 Å². The largest absolute Gasteiger partial charge is 0.300 e. The SMILES string of the molecule is O=C(CCCl)CCBr. The summed E-state index contributed by atoms with van der Waals surface area (Å²) >= 11 is 8.45. The van der Waals surface area contributed by atoms with Crippen LogP contribution >= 0.6 is 27.5 Å². The number of halogens is 2. The van der Waals surface area contributed by atoms with E-state index in [0.29, 0.717) is 18.7 Å². The lowest BCUT2D eigenvalue weighted by atomic mass is 10.2. The first kappa shape index (κ1) is 8.44. The third kappa shape index (κ3) is 4.60. The van der Waals surface area contributed by atoms with Crippen molar-refractivity contribution in [2.75, 3.05) is 11.2 Å². The Morgan fingerprint density at radius 2 is 2.12 bits per heavy atom.